The summed E-state index contributed by atoms with van der Waals surface area (Å²) in [5.74, 6) is -0.930. The molecule has 1 fully saturated rings. The van der Waals surface area contributed by atoms with Crippen molar-refractivity contribution in [3.05, 3.63) is 0 Å². The molecule has 2 N–H and O–H groups in total. The lowest BCUT2D eigenvalue weighted by molar-refractivity contribution is -0.146. The highest BCUT2D eigenvalue weighted by atomic mass is 16.4. The van der Waals surface area contributed by atoms with Crippen molar-refractivity contribution < 1.29 is 14.7 Å². The van der Waals surface area contributed by atoms with Crippen molar-refractivity contribution in [2.45, 2.75) is 64.5 Å². The number of carboxylic acids is 1. The van der Waals surface area contributed by atoms with Crippen LogP contribution in [-0.2, 0) is 9.59 Å². The molecule has 0 radical (unpaired) electrons. The average molecular weight is 270 g/mol. The van der Waals surface area contributed by atoms with Crippen LogP contribution in [0.2, 0.25) is 0 Å². The molecule has 0 spiro atoms. The van der Waals surface area contributed by atoms with Gasteiger partial charge in [-0.15, -0.1) is 0 Å². The highest BCUT2D eigenvalue weighted by Gasteiger charge is 2.27. The van der Waals surface area contributed by atoms with E-state index < -0.39 is 5.97 Å². The Morgan fingerprint density at radius 1 is 1.32 bits per heavy atom. The topological polar surface area (TPSA) is 69.6 Å². The molecule has 1 aliphatic rings. The van der Waals surface area contributed by atoms with Gasteiger partial charge in [0, 0.05) is 18.5 Å². The van der Waals surface area contributed by atoms with E-state index in [2.05, 4.69) is 19.2 Å². The van der Waals surface area contributed by atoms with Crippen molar-refractivity contribution in [1.82, 2.24) is 10.2 Å². The second kappa shape index (κ2) is 8.15. The van der Waals surface area contributed by atoms with E-state index in [0.29, 0.717) is 12.5 Å². The minimum atomic E-state index is -0.916. The molecule has 1 rings (SSSR count). The molecule has 0 atom stereocenters. The Bertz CT molecular complexity index is 299. The first-order chi connectivity index (χ1) is 9.00. The van der Waals surface area contributed by atoms with Gasteiger partial charge >= 0.3 is 5.97 Å². The highest BCUT2D eigenvalue weighted by molar-refractivity contribution is 5.81. The number of nitrogens with zero attached hydrogens (tertiary/aromatic N) is 1. The smallest absolute Gasteiger partial charge is 0.323 e. The van der Waals surface area contributed by atoms with Crippen LogP contribution in [-0.4, -0.2) is 47.1 Å². The van der Waals surface area contributed by atoms with Gasteiger partial charge in [-0.2, -0.15) is 0 Å². The molecule has 110 valence electrons. The molecule has 0 unspecified atom stereocenters. The monoisotopic (exact) mass is 270 g/mol. The minimum Gasteiger partial charge on any atom is -0.480 e. The summed E-state index contributed by atoms with van der Waals surface area (Å²) in [6, 6.07) is 0.557. The molecule has 1 aliphatic carbocycles. The van der Waals surface area contributed by atoms with E-state index in [0.717, 1.165) is 38.6 Å². The van der Waals surface area contributed by atoms with Gasteiger partial charge in [-0.25, -0.2) is 0 Å². The average Bonchev–Trinajstić information content (AvgIpc) is 2.84. The first-order valence-corrected chi connectivity index (χ1v) is 7.25. The number of aliphatic carboxylic acids is 1. The van der Waals surface area contributed by atoms with Gasteiger partial charge in [0.15, 0.2) is 0 Å². The summed E-state index contributed by atoms with van der Waals surface area (Å²) in [6.45, 7) is 4.78. The normalized spacial score (nSPS) is 15.9. The van der Waals surface area contributed by atoms with Crippen LogP contribution in [0.15, 0.2) is 0 Å². The summed E-state index contributed by atoms with van der Waals surface area (Å²) >= 11 is 0. The number of hydrogen-bond acceptors (Lipinski definition) is 3. The molecule has 0 saturated heterocycles. The summed E-state index contributed by atoms with van der Waals surface area (Å²) in [6.07, 6.45) is 5.29. The summed E-state index contributed by atoms with van der Waals surface area (Å²) in [5.41, 5.74) is 0. The van der Waals surface area contributed by atoms with Crippen molar-refractivity contribution in [2.75, 3.05) is 13.1 Å². The molecule has 1 amide bonds. The lowest BCUT2D eigenvalue weighted by Crippen LogP contribution is -2.42. The Balaban J connectivity index is 2.40. The lowest BCUT2D eigenvalue weighted by Gasteiger charge is -2.27. The van der Waals surface area contributed by atoms with Gasteiger partial charge < -0.3 is 15.3 Å². The molecule has 0 heterocycles. The van der Waals surface area contributed by atoms with Crippen LogP contribution < -0.4 is 5.32 Å². The second-order valence-corrected chi connectivity index (χ2v) is 5.57. The van der Waals surface area contributed by atoms with E-state index in [-0.39, 0.29) is 18.5 Å². The van der Waals surface area contributed by atoms with E-state index in [1.165, 1.54) is 0 Å². The van der Waals surface area contributed by atoms with E-state index in [9.17, 15) is 9.59 Å². The van der Waals surface area contributed by atoms with E-state index >= 15 is 0 Å². The first-order valence-electron chi connectivity index (χ1n) is 7.25. The Labute approximate surface area is 115 Å². The van der Waals surface area contributed by atoms with E-state index in [4.69, 9.17) is 5.11 Å². The van der Waals surface area contributed by atoms with E-state index in [1.807, 2.05) is 0 Å². The molecule has 1 saturated carbocycles. The van der Waals surface area contributed by atoms with Crippen molar-refractivity contribution >= 4 is 11.9 Å². The zero-order valence-electron chi connectivity index (χ0n) is 12.0. The molecule has 0 aromatic heterocycles. The number of hydrogen-bond donors (Lipinski definition) is 2. The Kier molecular flexibility index (Phi) is 6.84. The molecular weight excluding hydrogens is 244 g/mol. The molecular formula is C14H26N2O3. The summed E-state index contributed by atoms with van der Waals surface area (Å²) in [5, 5.41) is 12.2. The number of rotatable bonds is 8. The summed E-state index contributed by atoms with van der Waals surface area (Å²) in [4.78, 5) is 24.6. The van der Waals surface area contributed by atoms with Gasteiger partial charge in [0.1, 0.15) is 6.54 Å². The molecule has 19 heavy (non-hydrogen) atoms. The van der Waals surface area contributed by atoms with Crippen LogP contribution >= 0.6 is 0 Å². The van der Waals surface area contributed by atoms with Gasteiger partial charge in [0.05, 0.1) is 0 Å². The second-order valence-electron chi connectivity index (χ2n) is 5.57. The maximum absolute atomic E-state index is 12.1. The maximum Gasteiger partial charge on any atom is 0.323 e. The Morgan fingerprint density at radius 2 is 1.95 bits per heavy atom. The zero-order valence-corrected chi connectivity index (χ0v) is 12.0. The number of nitrogens with one attached hydrogen (secondary N) is 1. The van der Waals surface area contributed by atoms with Crippen LogP contribution in [0, 0.1) is 0 Å². The molecule has 5 nitrogen and oxygen atoms in total. The quantitative estimate of drug-likeness (QED) is 0.658. The molecule has 0 aromatic carbocycles. The zero-order chi connectivity index (χ0) is 14.3. The molecule has 0 aliphatic heterocycles. The third-order valence-corrected chi connectivity index (χ3v) is 3.51. The van der Waals surface area contributed by atoms with Gasteiger partial charge in [-0.3, -0.25) is 9.59 Å². The number of carbonyl (C=O) groups is 2. The Hall–Kier alpha value is -1.10. The van der Waals surface area contributed by atoms with Gasteiger partial charge in [-0.05, 0) is 25.8 Å². The van der Waals surface area contributed by atoms with Crippen molar-refractivity contribution in [3.8, 4) is 0 Å². The summed E-state index contributed by atoms with van der Waals surface area (Å²) < 4.78 is 0. The third-order valence-electron chi connectivity index (χ3n) is 3.51. The van der Waals surface area contributed by atoms with Crippen LogP contribution in [0.4, 0.5) is 0 Å². The standard InChI is InChI=1S/C14H26N2O3/c1-11(2)15-9-5-8-13(17)16(10-14(18)19)12-6-3-4-7-12/h11-12,15H,3-10H2,1-2H3,(H,18,19). The lowest BCUT2D eigenvalue weighted by atomic mass is 10.1. The maximum atomic E-state index is 12.1. The predicted octanol–water partition coefficient (Wildman–Crippen LogP) is 1.62. The number of amides is 1. The fourth-order valence-electron chi connectivity index (χ4n) is 2.56. The SMILES string of the molecule is CC(C)NCCCC(=O)N(CC(=O)O)C1CCCC1. The fraction of sp³-hybridized carbons (Fsp3) is 0.857. The van der Waals surface area contributed by atoms with Crippen LogP contribution in [0.25, 0.3) is 0 Å². The number of carbonyl (C=O) groups excluding carboxylic acids is 1. The largest absolute Gasteiger partial charge is 0.480 e. The first kappa shape index (κ1) is 16.0. The van der Waals surface area contributed by atoms with Crippen LogP contribution in [0.3, 0.4) is 0 Å². The van der Waals surface area contributed by atoms with Gasteiger partial charge in [-0.1, -0.05) is 26.7 Å². The third kappa shape index (κ3) is 6.05. The predicted molar refractivity (Wildman–Crippen MR) is 74.0 cm³/mol. The van der Waals surface area contributed by atoms with Crippen LogP contribution in [0.5, 0.6) is 0 Å². The van der Waals surface area contributed by atoms with Crippen molar-refractivity contribution in [2.24, 2.45) is 0 Å². The van der Waals surface area contributed by atoms with E-state index in [1.54, 1.807) is 4.90 Å². The highest BCUT2D eigenvalue weighted by Crippen LogP contribution is 2.24. The van der Waals surface area contributed by atoms with Crippen LogP contribution in [0.1, 0.15) is 52.4 Å². The molecule has 0 aromatic rings. The van der Waals surface area contributed by atoms with Gasteiger partial charge in [0.25, 0.3) is 0 Å². The summed E-state index contributed by atoms with van der Waals surface area (Å²) in [7, 11) is 0. The van der Waals surface area contributed by atoms with Crippen molar-refractivity contribution in [3.63, 3.8) is 0 Å². The Morgan fingerprint density at radius 3 is 2.47 bits per heavy atom. The molecule has 0 bridgehead atoms. The fourth-order valence-corrected chi connectivity index (χ4v) is 2.56. The van der Waals surface area contributed by atoms with Gasteiger partial charge in [0.2, 0.25) is 5.91 Å². The minimum absolute atomic E-state index is 0.0140. The number of carboxylic acid groups (broad SMARTS) is 1. The van der Waals surface area contributed by atoms with Crippen molar-refractivity contribution in [1.29, 1.82) is 0 Å². The molecule has 5 heteroatoms.